The summed E-state index contributed by atoms with van der Waals surface area (Å²) in [5, 5.41) is 3.31. The summed E-state index contributed by atoms with van der Waals surface area (Å²) < 4.78 is 0. The van der Waals surface area contributed by atoms with Crippen molar-refractivity contribution >= 4 is 0 Å². The second kappa shape index (κ2) is 5.42. The van der Waals surface area contributed by atoms with Crippen LogP contribution in [0.15, 0.2) is 30.7 Å². The van der Waals surface area contributed by atoms with E-state index in [1.807, 2.05) is 24.5 Å². The highest BCUT2D eigenvalue weighted by Crippen LogP contribution is 2.14. The SMILES string of the molecule is CCCNCc1ncc(-c2cccnc2)[nH]1. The summed E-state index contributed by atoms with van der Waals surface area (Å²) in [6, 6.07) is 3.94. The molecule has 4 heteroatoms. The van der Waals surface area contributed by atoms with Crippen LogP contribution in [-0.2, 0) is 6.54 Å². The summed E-state index contributed by atoms with van der Waals surface area (Å²) in [7, 11) is 0. The van der Waals surface area contributed by atoms with Crippen LogP contribution in [0.2, 0.25) is 0 Å². The predicted molar refractivity (Wildman–Crippen MR) is 63.8 cm³/mol. The van der Waals surface area contributed by atoms with Crippen molar-refractivity contribution in [3.05, 3.63) is 36.5 Å². The smallest absolute Gasteiger partial charge is 0.120 e. The molecular weight excluding hydrogens is 200 g/mol. The monoisotopic (exact) mass is 216 g/mol. The molecular formula is C12H16N4. The van der Waals surface area contributed by atoms with Gasteiger partial charge in [-0.1, -0.05) is 6.92 Å². The first kappa shape index (κ1) is 10.8. The second-order valence-corrected chi connectivity index (χ2v) is 3.66. The molecule has 0 saturated heterocycles. The average molecular weight is 216 g/mol. The molecule has 2 aromatic heterocycles. The Bertz CT molecular complexity index is 422. The standard InChI is InChI=1S/C12H16N4/c1-2-5-13-9-12-15-8-11(16-12)10-4-3-6-14-7-10/h3-4,6-8,13H,2,5,9H2,1H3,(H,15,16). The molecule has 2 heterocycles. The largest absolute Gasteiger partial charge is 0.341 e. The number of pyridine rings is 1. The minimum atomic E-state index is 0.786. The number of imidazole rings is 1. The Kier molecular flexibility index (Phi) is 3.66. The van der Waals surface area contributed by atoms with Gasteiger partial charge >= 0.3 is 0 Å². The number of aromatic nitrogens is 3. The van der Waals surface area contributed by atoms with Gasteiger partial charge in [-0.15, -0.1) is 0 Å². The van der Waals surface area contributed by atoms with Gasteiger partial charge in [0.05, 0.1) is 18.4 Å². The maximum Gasteiger partial charge on any atom is 0.120 e. The molecule has 2 N–H and O–H groups in total. The van der Waals surface area contributed by atoms with Crippen molar-refractivity contribution in [2.45, 2.75) is 19.9 Å². The van der Waals surface area contributed by atoms with E-state index in [0.717, 1.165) is 36.6 Å². The summed E-state index contributed by atoms with van der Waals surface area (Å²) >= 11 is 0. The van der Waals surface area contributed by atoms with E-state index >= 15 is 0 Å². The second-order valence-electron chi connectivity index (χ2n) is 3.66. The molecule has 0 radical (unpaired) electrons. The maximum absolute atomic E-state index is 4.32. The van der Waals surface area contributed by atoms with Crippen molar-refractivity contribution in [1.82, 2.24) is 20.3 Å². The first-order valence-electron chi connectivity index (χ1n) is 5.55. The third-order valence-electron chi connectivity index (χ3n) is 2.32. The van der Waals surface area contributed by atoms with Gasteiger partial charge in [-0.25, -0.2) is 4.98 Å². The van der Waals surface area contributed by atoms with Crippen LogP contribution in [0.3, 0.4) is 0 Å². The summed E-state index contributed by atoms with van der Waals surface area (Å²) in [4.78, 5) is 11.7. The van der Waals surface area contributed by atoms with E-state index in [4.69, 9.17) is 0 Å². The van der Waals surface area contributed by atoms with E-state index in [9.17, 15) is 0 Å². The minimum absolute atomic E-state index is 0.786. The van der Waals surface area contributed by atoms with Gasteiger partial charge in [-0.05, 0) is 25.1 Å². The van der Waals surface area contributed by atoms with Gasteiger partial charge < -0.3 is 10.3 Å². The molecule has 0 fully saturated rings. The van der Waals surface area contributed by atoms with Gasteiger partial charge in [0, 0.05) is 18.0 Å². The van der Waals surface area contributed by atoms with Crippen molar-refractivity contribution in [2.75, 3.05) is 6.54 Å². The Morgan fingerprint density at radius 2 is 2.31 bits per heavy atom. The maximum atomic E-state index is 4.32. The highest BCUT2D eigenvalue weighted by molar-refractivity contribution is 5.56. The number of H-pyrrole nitrogens is 1. The number of nitrogens with zero attached hydrogens (tertiary/aromatic N) is 2. The van der Waals surface area contributed by atoms with Crippen molar-refractivity contribution < 1.29 is 0 Å². The molecule has 0 aliphatic rings. The highest BCUT2D eigenvalue weighted by atomic mass is 15.0. The van der Waals surface area contributed by atoms with Crippen LogP contribution in [0.4, 0.5) is 0 Å². The minimum Gasteiger partial charge on any atom is -0.341 e. The predicted octanol–water partition coefficient (Wildman–Crippen LogP) is 1.97. The first-order chi connectivity index (χ1) is 7.90. The van der Waals surface area contributed by atoms with Crippen molar-refractivity contribution in [3.8, 4) is 11.3 Å². The molecule has 0 unspecified atom stereocenters. The van der Waals surface area contributed by atoms with Crippen molar-refractivity contribution in [3.63, 3.8) is 0 Å². The summed E-state index contributed by atoms with van der Waals surface area (Å²) in [5.41, 5.74) is 2.08. The Balaban J connectivity index is 2.02. The Labute approximate surface area is 95.1 Å². The quantitative estimate of drug-likeness (QED) is 0.751. The Morgan fingerprint density at radius 1 is 1.38 bits per heavy atom. The molecule has 2 aromatic rings. The number of hydrogen-bond acceptors (Lipinski definition) is 3. The number of aromatic amines is 1. The molecule has 16 heavy (non-hydrogen) atoms. The highest BCUT2D eigenvalue weighted by Gasteiger charge is 2.02. The fraction of sp³-hybridized carbons (Fsp3) is 0.333. The van der Waals surface area contributed by atoms with Gasteiger partial charge in [-0.2, -0.15) is 0 Å². The molecule has 2 rings (SSSR count). The molecule has 0 aliphatic carbocycles. The van der Waals surface area contributed by atoms with E-state index in [-0.39, 0.29) is 0 Å². The molecule has 0 spiro atoms. The lowest BCUT2D eigenvalue weighted by molar-refractivity contribution is 0.655. The number of hydrogen-bond donors (Lipinski definition) is 2. The zero-order valence-corrected chi connectivity index (χ0v) is 9.40. The molecule has 4 nitrogen and oxygen atoms in total. The van der Waals surface area contributed by atoms with E-state index < -0.39 is 0 Å². The van der Waals surface area contributed by atoms with Crippen LogP contribution in [0.25, 0.3) is 11.3 Å². The van der Waals surface area contributed by atoms with Crippen LogP contribution >= 0.6 is 0 Å². The first-order valence-corrected chi connectivity index (χ1v) is 5.55. The summed E-state index contributed by atoms with van der Waals surface area (Å²) in [6.45, 7) is 3.95. The molecule has 0 aromatic carbocycles. The Hall–Kier alpha value is -1.68. The zero-order chi connectivity index (χ0) is 11.2. The van der Waals surface area contributed by atoms with Gasteiger partial charge in [0.2, 0.25) is 0 Å². The number of nitrogens with one attached hydrogen (secondary N) is 2. The molecule has 0 atom stereocenters. The lowest BCUT2D eigenvalue weighted by atomic mass is 10.2. The van der Waals surface area contributed by atoms with E-state index in [2.05, 4.69) is 27.2 Å². The van der Waals surface area contributed by atoms with E-state index in [0.29, 0.717) is 0 Å². The topological polar surface area (TPSA) is 53.6 Å². The van der Waals surface area contributed by atoms with Crippen LogP contribution in [0.5, 0.6) is 0 Å². The zero-order valence-electron chi connectivity index (χ0n) is 9.40. The molecule has 0 aliphatic heterocycles. The molecule has 0 bridgehead atoms. The third kappa shape index (κ3) is 2.67. The third-order valence-corrected chi connectivity index (χ3v) is 2.32. The van der Waals surface area contributed by atoms with Crippen LogP contribution in [-0.4, -0.2) is 21.5 Å². The fourth-order valence-electron chi connectivity index (χ4n) is 1.50. The molecule has 84 valence electrons. The van der Waals surface area contributed by atoms with Crippen LogP contribution in [0.1, 0.15) is 19.2 Å². The van der Waals surface area contributed by atoms with Crippen molar-refractivity contribution in [1.29, 1.82) is 0 Å². The normalized spacial score (nSPS) is 10.6. The van der Waals surface area contributed by atoms with Gasteiger partial charge in [0.15, 0.2) is 0 Å². The summed E-state index contributed by atoms with van der Waals surface area (Å²) in [5.74, 6) is 0.965. The van der Waals surface area contributed by atoms with Crippen molar-refractivity contribution in [2.24, 2.45) is 0 Å². The lowest BCUT2D eigenvalue weighted by Gasteiger charge is -1.99. The Morgan fingerprint density at radius 3 is 3.06 bits per heavy atom. The van der Waals surface area contributed by atoms with Gasteiger partial charge in [-0.3, -0.25) is 4.98 Å². The van der Waals surface area contributed by atoms with E-state index in [1.165, 1.54) is 0 Å². The summed E-state index contributed by atoms with van der Waals surface area (Å²) in [6.07, 6.45) is 6.58. The van der Waals surface area contributed by atoms with Gasteiger partial charge in [0.1, 0.15) is 5.82 Å². The number of rotatable bonds is 5. The molecule has 0 amide bonds. The van der Waals surface area contributed by atoms with E-state index in [1.54, 1.807) is 6.20 Å². The fourth-order valence-corrected chi connectivity index (χ4v) is 1.50. The van der Waals surface area contributed by atoms with Crippen LogP contribution in [0, 0.1) is 0 Å². The van der Waals surface area contributed by atoms with Crippen LogP contribution < -0.4 is 5.32 Å². The average Bonchev–Trinajstić information content (AvgIpc) is 2.79. The molecule has 0 saturated carbocycles. The van der Waals surface area contributed by atoms with Gasteiger partial charge in [0.25, 0.3) is 0 Å². The lowest BCUT2D eigenvalue weighted by Crippen LogP contribution is -2.14.